The van der Waals surface area contributed by atoms with Crippen LogP contribution < -0.4 is 10.2 Å². The van der Waals surface area contributed by atoms with E-state index in [0.29, 0.717) is 24.8 Å². The minimum absolute atomic E-state index is 0.118. The minimum Gasteiger partial charge on any atom is -0.369 e. The van der Waals surface area contributed by atoms with E-state index >= 15 is 0 Å². The molecule has 4 nitrogen and oxygen atoms in total. The fourth-order valence-electron chi connectivity index (χ4n) is 5.25. The molecule has 0 bridgehead atoms. The Kier molecular flexibility index (Phi) is 9.01. The number of amides is 1. The molecule has 172 valence electrons. The molecule has 1 saturated carbocycles. The summed E-state index contributed by atoms with van der Waals surface area (Å²) in [6.07, 6.45) is 8.03. The van der Waals surface area contributed by atoms with Crippen molar-refractivity contribution in [3.63, 3.8) is 0 Å². The van der Waals surface area contributed by atoms with Gasteiger partial charge in [0, 0.05) is 38.4 Å². The molecule has 2 fully saturated rings. The lowest BCUT2D eigenvalue weighted by Gasteiger charge is -2.39. The molecule has 0 spiro atoms. The van der Waals surface area contributed by atoms with Crippen molar-refractivity contribution >= 4 is 11.6 Å². The van der Waals surface area contributed by atoms with E-state index in [1.165, 1.54) is 61.9 Å². The monoisotopic (exact) mass is 425 g/mol. The normalized spacial score (nSPS) is 22.4. The van der Waals surface area contributed by atoms with E-state index in [0.717, 1.165) is 31.7 Å². The Balaban J connectivity index is 1.76. The highest BCUT2D eigenvalue weighted by atomic mass is 16.1. The first kappa shape index (κ1) is 23.8. The molecule has 1 heterocycles. The minimum atomic E-state index is 0.118. The van der Waals surface area contributed by atoms with Gasteiger partial charge in [-0.05, 0) is 81.5 Å². The number of rotatable bonds is 9. The van der Waals surface area contributed by atoms with Crippen LogP contribution in [0.1, 0.15) is 76.3 Å². The quantitative estimate of drug-likeness (QED) is 0.557. The maximum absolute atomic E-state index is 12.2. The zero-order valence-corrected chi connectivity index (χ0v) is 20.1. The Morgan fingerprint density at radius 1 is 1.10 bits per heavy atom. The summed E-state index contributed by atoms with van der Waals surface area (Å²) in [7, 11) is 0. The third-order valence-electron chi connectivity index (χ3n) is 7.24. The number of nitrogens with zero attached hydrogens (tertiary/aromatic N) is 2. The second kappa shape index (κ2) is 11.7. The van der Waals surface area contributed by atoms with E-state index in [2.05, 4.69) is 53.7 Å². The van der Waals surface area contributed by atoms with Crippen molar-refractivity contribution in [2.75, 3.05) is 44.2 Å². The van der Waals surface area contributed by atoms with Crippen LogP contribution in [0, 0.1) is 5.92 Å². The molecule has 0 atom stereocenters. The largest absolute Gasteiger partial charge is 0.369 e. The fourth-order valence-corrected chi connectivity index (χ4v) is 5.25. The number of unbranched alkanes of at least 4 members (excludes halogenated alkanes) is 1. The molecule has 31 heavy (non-hydrogen) atoms. The van der Waals surface area contributed by atoms with Gasteiger partial charge in [-0.25, -0.2) is 0 Å². The van der Waals surface area contributed by atoms with Crippen LogP contribution in [0.2, 0.25) is 0 Å². The highest BCUT2D eigenvalue weighted by Crippen LogP contribution is 2.42. The van der Waals surface area contributed by atoms with Crippen LogP contribution in [0.25, 0.3) is 0 Å². The van der Waals surface area contributed by atoms with E-state index < -0.39 is 0 Å². The molecule has 0 unspecified atom stereocenters. The van der Waals surface area contributed by atoms with Gasteiger partial charge < -0.3 is 10.2 Å². The van der Waals surface area contributed by atoms with Crippen molar-refractivity contribution in [3.05, 3.63) is 41.5 Å². The maximum atomic E-state index is 12.2. The number of nitrogens with one attached hydrogen (secondary N) is 1. The van der Waals surface area contributed by atoms with Crippen LogP contribution in [-0.4, -0.2) is 50.1 Å². The van der Waals surface area contributed by atoms with Gasteiger partial charge in [0.15, 0.2) is 0 Å². The third-order valence-corrected chi connectivity index (χ3v) is 7.24. The molecule has 1 aliphatic carbocycles. The molecule has 0 radical (unpaired) electrons. The SMILES string of the molecule is C=C(C)C1CCC(c2ccc(CC(=O)NCC)cc2N2CCN(CCCC)CC2)CC1. The van der Waals surface area contributed by atoms with Gasteiger partial charge in [0.05, 0.1) is 6.42 Å². The molecule has 1 aliphatic heterocycles. The molecule has 1 saturated heterocycles. The van der Waals surface area contributed by atoms with E-state index in [-0.39, 0.29) is 5.91 Å². The van der Waals surface area contributed by atoms with Crippen molar-refractivity contribution in [1.82, 2.24) is 10.2 Å². The summed E-state index contributed by atoms with van der Waals surface area (Å²) in [5, 5.41) is 2.94. The number of likely N-dealkylation sites (N-methyl/N-ethyl adjacent to an activating group) is 1. The van der Waals surface area contributed by atoms with Gasteiger partial charge in [-0.1, -0.05) is 37.6 Å². The number of allylic oxidation sites excluding steroid dienone is 1. The van der Waals surface area contributed by atoms with Crippen molar-refractivity contribution in [3.8, 4) is 0 Å². The number of carbonyl (C=O) groups excluding carboxylic acids is 1. The van der Waals surface area contributed by atoms with Gasteiger partial charge in [0.2, 0.25) is 5.91 Å². The second-order valence-corrected chi connectivity index (χ2v) is 9.60. The highest BCUT2D eigenvalue weighted by molar-refractivity contribution is 5.79. The van der Waals surface area contributed by atoms with Crippen LogP contribution in [0.5, 0.6) is 0 Å². The summed E-state index contributed by atoms with van der Waals surface area (Å²) in [5.41, 5.74) is 5.37. The Morgan fingerprint density at radius 3 is 2.42 bits per heavy atom. The molecule has 1 amide bonds. The predicted molar refractivity (Wildman–Crippen MR) is 132 cm³/mol. The molecule has 3 rings (SSSR count). The third kappa shape index (κ3) is 6.58. The Morgan fingerprint density at radius 2 is 1.81 bits per heavy atom. The number of carbonyl (C=O) groups is 1. The number of piperazine rings is 1. The van der Waals surface area contributed by atoms with E-state index in [9.17, 15) is 4.79 Å². The van der Waals surface area contributed by atoms with Gasteiger partial charge >= 0.3 is 0 Å². The maximum Gasteiger partial charge on any atom is 0.224 e. The average Bonchev–Trinajstić information content (AvgIpc) is 2.78. The fraction of sp³-hybridized carbons (Fsp3) is 0.667. The summed E-state index contributed by atoms with van der Waals surface area (Å²) in [4.78, 5) is 17.4. The lowest BCUT2D eigenvalue weighted by molar-refractivity contribution is -0.120. The molecule has 1 aromatic rings. The average molecular weight is 426 g/mol. The molecule has 1 N–H and O–H groups in total. The predicted octanol–water partition coefficient (Wildman–Crippen LogP) is 5.14. The molecular weight excluding hydrogens is 382 g/mol. The Hall–Kier alpha value is -1.81. The lowest BCUT2D eigenvalue weighted by atomic mass is 9.76. The Labute approximate surface area is 190 Å². The standard InChI is InChI=1S/C27H43N3O/c1-5-7-14-29-15-17-30(18-16-29)26-19-22(20-27(31)28-6-2)8-13-25(26)24-11-9-23(10-12-24)21(3)4/h8,13,19,23-24H,3,5-7,9-12,14-18,20H2,1-2,4H3,(H,28,31). The number of hydrogen-bond donors (Lipinski definition) is 1. The van der Waals surface area contributed by atoms with Crippen LogP contribution in [0.4, 0.5) is 5.69 Å². The summed E-state index contributed by atoms with van der Waals surface area (Å²) in [6.45, 7) is 17.0. The number of anilines is 1. The second-order valence-electron chi connectivity index (χ2n) is 9.60. The van der Waals surface area contributed by atoms with Crippen molar-refractivity contribution in [1.29, 1.82) is 0 Å². The molecule has 1 aromatic carbocycles. The summed E-state index contributed by atoms with van der Waals surface area (Å²) in [5.74, 6) is 1.44. The van der Waals surface area contributed by atoms with Crippen molar-refractivity contribution in [2.45, 2.75) is 71.6 Å². The van der Waals surface area contributed by atoms with Crippen LogP contribution in [0.3, 0.4) is 0 Å². The van der Waals surface area contributed by atoms with Gasteiger partial charge in [0.1, 0.15) is 0 Å². The van der Waals surface area contributed by atoms with Crippen molar-refractivity contribution in [2.24, 2.45) is 5.92 Å². The van der Waals surface area contributed by atoms with Gasteiger partial charge in [-0.2, -0.15) is 0 Å². The van der Waals surface area contributed by atoms with Crippen molar-refractivity contribution < 1.29 is 4.79 Å². The lowest BCUT2D eigenvalue weighted by Crippen LogP contribution is -2.47. The first-order valence-electron chi connectivity index (χ1n) is 12.5. The molecule has 2 aliphatic rings. The first-order valence-corrected chi connectivity index (χ1v) is 12.5. The number of benzene rings is 1. The topological polar surface area (TPSA) is 35.6 Å². The summed E-state index contributed by atoms with van der Waals surface area (Å²) >= 11 is 0. The van der Waals surface area contributed by atoms with Gasteiger partial charge in [-0.3, -0.25) is 9.69 Å². The molecule has 4 heteroatoms. The Bertz CT molecular complexity index is 728. The zero-order valence-electron chi connectivity index (χ0n) is 20.1. The highest BCUT2D eigenvalue weighted by Gasteiger charge is 2.27. The van der Waals surface area contributed by atoms with Gasteiger partial charge in [-0.15, -0.1) is 0 Å². The van der Waals surface area contributed by atoms with E-state index in [1.807, 2.05) is 6.92 Å². The smallest absolute Gasteiger partial charge is 0.224 e. The molecule has 0 aromatic heterocycles. The van der Waals surface area contributed by atoms with E-state index in [1.54, 1.807) is 0 Å². The van der Waals surface area contributed by atoms with Crippen LogP contribution in [-0.2, 0) is 11.2 Å². The summed E-state index contributed by atoms with van der Waals surface area (Å²) in [6, 6.07) is 6.84. The van der Waals surface area contributed by atoms with Gasteiger partial charge in [0.25, 0.3) is 0 Å². The van der Waals surface area contributed by atoms with E-state index in [4.69, 9.17) is 0 Å². The number of hydrogen-bond acceptors (Lipinski definition) is 3. The first-order chi connectivity index (χ1) is 15.0. The molecular formula is C27H43N3O. The zero-order chi connectivity index (χ0) is 22.2. The summed E-state index contributed by atoms with van der Waals surface area (Å²) < 4.78 is 0. The van der Waals surface area contributed by atoms with Crippen LogP contribution >= 0.6 is 0 Å². The van der Waals surface area contributed by atoms with Crippen LogP contribution in [0.15, 0.2) is 30.4 Å².